The first kappa shape index (κ1) is 18.1. The van der Waals surface area contributed by atoms with Crippen LogP contribution in [0.3, 0.4) is 0 Å². The van der Waals surface area contributed by atoms with Gasteiger partial charge in [0, 0.05) is 0 Å². The summed E-state index contributed by atoms with van der Waals surface area (Å²) in [5.74, 6) is -1.18. The maximum Gasteiger partial charge on any atom is 0.323 e. The van der Waals surface area contributed by atoms with Crippen LogP contribution in [-0.2, 0) is 25.7 Å². The molecule has 2 N–H and O–H groups in total. The second-order valence-electron chi connectivity index (χ2n) is 3.88. The van der Waals surface area contributed by atoms with Crippen molar-refractivity contribution in [1.29, 1.82) is 0 Å². The molecule has 110 valence electrons. The van der Waals surface area contributed by atoms with Crippen molar-refractivity contribution in [3.8, 4) is 0 Å². The molecule has 0 aliphatic rings. The minimum atomic E-state index is -1.01. The first-order chi connectivity index (χ1) is 9.13. The van der Waals surface area contributed by atoms with Gasteiger partial charge < -0.3 is 15.2 Å². The van der Waals surface area contributed by atoms with E-state index in [1.807, 2.05) is 30.3 Å². The Morgan fingerprint density at radius 1 is 1.25 bits per heavy atom. The number of benzene rings is 1. The topological polar surface area (TPSA) is 78.6 Å². The second-order valence-corrected chi connectivity index (χ2v) is 3.88. The number of carbonyl (C=O) groups excluding carboxylic acids is 2. The molecule has 0 aliphatic heterocycles. The zero-order chi connectivity index (χ0) is 14.1. The van der Waals surface area contributed by atoms with Crippen molar-refractivity contribution >= 4 is 24.3 Å². The maximum absolute atomic E-state index is 11.6. The van der Waals surface area contributed by atoms with Crippen LogP contribution in [0.15, 0.2) is 43.0 Å². The molecule has 6 heteroatoms. The van der Waals surface area contributed by atoms with Gasteiger partial charge in [0.05, 0.1) is 6.42 Å². The van der Waals surface area contributed by atoms with Gasteiger partial charge in [-0.25, -0.2) is 0 Å². The van der Waals surface area contributed by atoms with Crippen LogP contribution in [0.25, 0.3) is 0 Å². The van der Waals surface area contributed by atoms with E-state index < -0.39 is 18.0 Å². The average Bonchev–Trinajstić information content (AvgIpc) is 2.43. The molecular weight excluding hydrogens is 282 g/mol. The predicted molar refractivity (Wildman–Crippen MR) is 77.2 cm³/mol. The lowest BCUT2D eigenvalue weighted by Crippen LogP contribution is -2.35. The van der Waals surface area contributed by atoms with Gasteiger partial charge in [0.1, 0.15) is 19.3 Å². The molecule has 5 nitrogen and oxygen atoms in total. The van der Waals surface area contributed by atoms with Crippen LogP contribution in [-0.4, -0.2) is 24.6 Å². The van der Waals surface area contributed by atoms with Crippen LogP contribution in [0, 0.1) is 0 Å². The molecule has 0 spiro atoms. The Morgan fingerprint density at radius 2 is 1.90 bits per heavy atom. The van der Waals surface area contributed by atoms with E-state index in [1.54, 1.807) is 0 Å². The van der Waals surface area contributed by atoms with Gasteiger partial charge in [0.2, 0.25) is 0 Å². The lowest BCUT2D eigenvalue weighted by atomic mass is 10.2. The number of hydrogen-bond acceptors (Lipinski definition) is 5. The first-order valence-corrected chi connectivity index (χ1v) is 5.86. The summed E-state index contributed by atoms with van der Waals surface area (Å²) >= 11 is 0. The second kappa shape index (κ2) is 10.00. The maximum atomic E-state index is 11.6. The summed E-state index contributed by atoms with van der Waals surface area (Å²) in [4.78, 5) is 22.8. The highest BCUT2D eigenvalue weighted by Gasteiger charge is 2.19. The van der Waals surface area contributed by atoms with Crippen molar-refractivity contribution in [3.63, 3.8) is 0 Å². The molecule has 0 heterocycles. The van der Waals surface area contributed by atoms with Gasteiger partial charge in [-0.1, -0.05) is 43.0 Å². The fourth-order valence-electron chi connectivity index (χ4n) is 1.31. The number of nitrogens with two attached hydrogens (primary N) is 1. The van der Waals surface area contributed by atoms with Gasteiger partial charge in [-0.3, -0.25) is 9.59 Å². The van der Waals surface area contributed by atoms with Crippen LogP contribution in [0.2, 0.25) is 0 Å². The Labute approximate surface area is 124 Å². The number of ether oxygens (including phenoxy) is 2. The summed E-state index contributed by atoms with van der Waals surface area (Å²) in [6.07, 6.45) is 1.23. The summed E-state index contributed by atoms with van der Waals surface area (Å²) in [5, 5.41) is 0. The third-order valence-electron chi connectivity index (χ3n) is 2.28. The molecule has 1 rings (SSSR count). The zero-order valence-corrected chi connectivity index (χ0v) is 11.8. The van der Waals surface area contributed by atoms with Crippen molar-refractivity contribution in [1.82, 2.24) is 0 Å². The largest absolute Gasteiger partial charge is 0.461 e. The van der Waals surface area contributed by atoms with Crippen LogP contribution in [0.5, 0.6) is 0 Å². The third-order valence-corrected chi connectivity index (χ3v) is 2.28. The normalized spacial score (nSPS) is 10.8. The molecule has 0 unspecified atom stereocenters. The molecule has 1 aromatic carbocycles. The van der Waals surface area contributed by atoms with E-state index in [0.29, 0.717) is 0 Å². The van der Waals surface area contributed by atoms with Crippen molar-refractivity contribution in [3.05, 3.63) is 48.6 Å². The Bertz CT molecular complexity index is 436. The molecule has 1 aromatic rings. The molecular formula is C14H18ClNO4. The van der Waals surface area contributed by atoms with E-state index in [2.05, 4.69) is 6.58 Å². The standard InChI is InChI=1S/C14H17NO4.ClH/c1-2-8-18-13(16)9-12(15)14(17)19-10-11-6-4-3-5-7-11;/h2-7,12H,1,8-10,15H2;1H/t12-;/m0./s1. The molecule has 0 fully saturated rings. The smallest absolute Gasteiger partial charge is 0.323 e. The van der Waals surface area contributed by atoms with Gasteiger partial charge in [-0.2, -0.15) is 0 Å². The molecule has 0 amide bonds. The van der Waals surface area contributed by atoms with Gasteiger partial charge in [-0.15, -0.1) is 12.4 Å². The zero-order valence-electron chi connectivity index (χ0n) is 11.0. The third kappa shape index (κ3) is 6.92. The van der Waals surface area contributed by atoms with Crippen molar-refractivity contribution < 1.29 is 19.1 Å². The van der Waals surface area contributed by atoms with Crippen molar-refractivity contribution in [2.24, 2.45) is 5.73 Å². The summed E-state index contributed by atoms with van der Waals surface area (Å²) in [7, 11) is 0. The minimum absolute atomic E-state index is 0. The van der Waals surface area contributed by atoms with Crippen molar-refractivity contribution in [2.75, 3.05) is 6.61 Å². The molecule has 0 bridgehead atoms. The Hall–Kier alpha value is -1.85. The average molecular weight is 300 g/mol. The molecule has 0 radical (unpaired) electrons. The molecule has 20 heavy (non-hydrogen) atoms. The number of rotatable bonds is 7. The number of esters is 2. The molecule has 0 aliphatic carbocycles. The Balaban J connectivity index is 0.00000361. The van der Waals surface area contributed by atoms with Gasteiger partial charge in [0.25, 0.3) is 0 Å². The molecule has 0 saturated heterocycles. The summed E-state index contributed by atoms with van der Waals surface area (Å²) in [6, 6.07) is 8.20. The Morgan fingerprint density at radius 3 is 2.50 bits per heavy atom. The Kier molecular flexibility index (Phi) is 9.07. The van der Waals surface area contributed by atoms with Gasteiger partial charge >= 0.3 is 11.9 Å². The summed E-state index contributed by atoms with van der Waals surface area (Å²) in [6.45, 7) is 3.65. The van der Waals surface area contributed by atoms with Crippen LogP contribution in [0.1, 0.15) is 12.0 Å². The monoisotopic (exact) mass is 299 g/mol. The molecule has 0 aromatic heterocycles. The predicted octanol–water partition coefficient (Wildman–Crippen LogP) is 1.60. The van der Waals surface area contributed by atoms with Crippen LogP contribution in [0.4, 0.5) is 0 Å². The first-order valence-electron chi connectivity index (χ1n) is 5.86. The quantitative estimate of drug-likeness (QED) is 0.611. The highest BCUT2D eigenvalue weighted by Crippen LogP contribution is 2.03. The van der Waals surface area contributed by atoms with Gasteiger partial charge in [0.15, 0.2) is 0 Å². The number of halogens is 1. The number of hydrogen-bond donors (Lipinski definition) is 1. The van der Waals surface area contributed by atoms with Gasteiger partial charge in [-0.05, 0) is 5.56 Å². The summed E-state index contributed by atoms with van der Waals surface area (Å²) in [5.41, 5.74) is 6.41. The summed E-state index contributed by atoms with van der Waals surface area (Å²) < 4.78 is 9.73. The van der Waals surface area contributed by atoms with Crippen molar-refractivity contribution in [2.45, 2.75) is 19.1 Å². The fraction of sp³-hybridized carbons (Fsp3) is 0.286. The van der Waals surface area contributed by atoms with E-state index in [4.69, 9.17) is 15.2 Å². The van der Waals surface area contributed by atoms with E-state index in [1.165, 1.54) is 6.08 Å². The van der Waals surface area contributed by atoms with E-state index in [0.717, 1.165) is 5.56 Å². The van der Waals surface area contributed by atoms with Crippen LogP contribution < -0.4 is 5.73 Å². The molecule has 0 saturated carbocycles. The lowest BCUT2D eigenvalue weighted by molar-refractivity contribution is -0.152. The van der Waals surface area contributed by atoms with Crippen LogP contribution >= 0.6 is 12.4 Å². The highest BCUT2D eigenvalue weighted by molar-refractivity contribution is 5.85. The minimum Gasteiger partial charge on any atom is -0.461 e. The van der Waals surface area contributed by atoms with E-state index >= 15 is 0 Å². The SMILES string of the molecule is C=CCOC(=O)C[C@H](N)C(=O)OCc1ccccc1.Cl. The highest BCUT2D eigenvalue weighted by atomic mass is 35.5. The molecule has 1 atom stereocenters. The van der Waals surface area contributed by atoms with E-state index in [9.17, 15) is 9.59 Å². The lowest BCUT2D eigenvalue weighted by Gasteiger charge is -2.10. The fourth-order valence-corrected chi connectivity index (χ4v) is 1.31. The number of carbonyl (C=O) groups is 2. The van der Waals surface area contributed by atoms with E-state index in [-0.39, 0.29) is 32.0 Å².